The Morgan fingerprint density at radius 2 is 1.54 bits per heavy atom. The van der Waals surface area contributed by atoms with E-state index < -0.39 is 6.43 Å². The van der Waals surface area contributed by atoms with Gasteiger partial charge in [-0.15, -0.1) is 4.98 Å². The molecule has 0 aliphatic carbocycles. The first-order chi connectivity index (χ1) is 18.7. The van der Waals surface area contributed by atoms with Crippen molar-refractivity contribution in [1.82, 2.24) is 14.5 Å². The zero-order chi connectivity index (χ0) is 27.8. The van der Waals surface area contributed by atoms with Crippen LogP contribution in [-0.4, -0.2) is 39.6 Å². The van der Waals surface area contributed by atoms with E-state index >= 15 is 0 Å². The van der Waals surface area contributed by atoms with E-state index in [1.54, 1.807) is 49.5 Å². The third kappa shape index (κ3) is 5.00. The predicted molar refractivity (Wildman–Crippen MR) is 146 cm³/mol. The van der Waals surface area contributed by atoms with Crippen molar-refractivity contribution >= 4 is 22.5 Å². The summed E-state index contributed by atoms with van der Waals surface area (Å²) in [7, 11) is 1.68. The van der Waals surface area contributed by atoms with Gasteiger partial charge >= 0.3 is 0 Å². The molecule has 5 rings (SSSR count). The lowest BCUT2D eigenvalue weighted by Gasteiger charge is -2.48. The molecule has 3 heterocycles. The number of rotatable bonds is 5. The summed E-state index contributed by atoms with van der Waals surface area (Å²) in [5.41, 5.74) is 3.40. The molecule has 2 aromatic heterocycles. The largest absolute Gasteiger partial charge is 0.362 e. The van der Waals surface area contributed by atoms with Crippen molar-refractivity contribution in [1.29, 1.82) is 0 Å². The van der Waals surface area contributed by atoms with Crippen LogP contribution in [0, 0.1) is 12.4 Å². The maximum Gasteiger partial charge on any atom is 0.270 e. The molecular weight excluding hydrogens is 503 g/mol. The zero-order valence-electron chi connectivity index (χ0n) is 21.9. The van der Waals surface area contributed by atoms with Crippen LogP contribution in [-0.2, 0) is 7.05 Å². The molecule has 0 spiro atoms. The Balaban J connectivity index is 1.54. The van der Waals surface area contributed by atoms with Gasteiger partial charge < -0.3 is 14.3 Å². The monoisotopic (exact) mass is 531 g/mol. The van der Waals surface area contributed by atoms with E-state index in [0.29, 0.717) is 29.8 Å². The Kier molecular flexibility index (Phi) is 7.15. The number of halogens is 3. The van der Waals surface area contributed by atoms with Crippen LogP contribution in [0.1, 0.15) is 43.0 Å². The molecule has 9 heteroatoms. The lowest BCUT2D eigenvalue weighted by molar-refractivity contribution is 0.129. The summed E-state index contributed by atoms with van der Waals surface area (Å²) in [5, 5.41) is 0. The number of aromatic nitrogens is 2. The van der Waals surface area contributed by atoms with E-state index in [-0.39, 0.29) is 40.9 Å². The van der Waals surface area contributed by atoms with Gasteiger partial charge in [-0.2, -0.15) is 0 Å². The molecule has 0 amide bonds. The zero-order valence-corrected chi connectivity index (χ0v) is 21.9. The number of nitrogens with zero attached hydrogens (tertiary/aromatic N) is 5. The van der Waals surface area contributed by atoms with E-state index in [4.69, 9.17) is 6.57 Å². The van der Waals surface area contributed by atoms with Crippen molar-refractivity contribution in [3.8, 4) is 0 Å². The first-order valence-corrected chi connectivity index (χ1v) is 12.7. The van der Waals surface area contributed by atoms with Gasteiger partial charge in [0.25, 0.3) is 17.8 Å². The number of pyridine rings is 2. The van der Waals surface area contributed by atoms with Gasteiger partial charge in [-0.25, -0.2) is 13.2 Å². The van der Waals surface area contributed by atoms with Crippen LogP contribution in [0.25, 0.3) is 15.9 Å². The van der Waals surface area contributed by atoms with Gasteiger partial charge in [-0.05, 0) is 49.2 Å². The number of benzene rings is 2. The van der Waals surface area contributed by atoms with Crippen LogP contribution in [0.2, 0.25) is 0 Å². The molecule has 1 saturated heterocycles. The minimum absolute atomic E-state index is 0.0332. The van der Waals surface area contributed by atoms with Crippen molar-refractivity contribution < 1.29 is 13.2 Å². The molecular formula is C30H28F3N5O. The van der Waals surface area contributed by atoms with Crippen LogP contribution in [0.4, 0.5) is 24.7 Å². The molecule has 0 bridgehead atoms. The number of hydrogen-bond acceptors (Lipinski definition) is 4. The van der Waals surface area contributed by atoms with Gasteiger partial charge in [-0.1, -0.05) is 43.0 Å². The van der Waals surface area contributed by atoms with Gasteiger partial charge in [0, 0.05) is 43.9 Å². The molecule has 6 nitrogen and oxygen atoms in total. The molecule has 3 atom stereocenters. The van der Waals surface area contributed by atoms with Gasteiger partial charge in [0.2, 0.25) is 5.52 Å². The number of piperazine rings is 1. The lowest BCUT2D eigenvalue weighted by atomic mass is 9.92. The smallest absolute Gasteiger partial charge is 0.270 e. The maximum atomic E-state index is 13.8. The summed E-state index contributed by atoms with van der Waals surface area (Å²) in [5.74, 6) is -0.0917. The van der Waals surface area contributed by atoms with Crippen LogP contribution in [0.3, 0.4) is 0 Å². The number of hydrogen-bond donors (Lipinski definition) is 0. The van der Waals surface area contributed by atoms with Gasteiger partial charge in [0.05, 0.1) is 17.2 Å². The average Bonchev–Trinajstić information content (AvgIpc) is 2.93. The molecule has 0 saturated carbocycles. The highest BCUT2D eigenvalue weighted by molar-refractivity contribution is 5.89. The molecule has 1 unspecified atom stereocenters. The molecule has 4 aromatic rings. The Labute approximate surface area is 224 Å². The van der Waals surface area contributed by atoms with Gasteiger partial charge in [-0.3, -0.25) is 9.69 Å². The fourth-order valence-corrected chi connectivity index (χ4v) is 5.48. The Hall–Kier alpha value is -4.16. The van der Waals surface area contributed by atoms with Crippen molar-refractivity contribution in [3.63, 3.8) is 0 Å². The summed E-state index contributed by atoms with van der Waals surface area (Å²) in [4.78, 5) is 25.3. The highest BCUT2D eigenvalue weighted by Crippen LogP contribution is 2.36. The van der Waals surface area contributed by atoms with E-state index in [1.165, 1.54) is 28.8 Å². The van der Waals surface area contributed by atoms with E-state index in [0.717, 1.165) is 11.1 Å². The number of alkyl halides is 2. The minimum Gasteiger partial charge on any atom is -0.362 e. The van der Waals surface area contributed by atoms with E-state index in [9.17, 15) is 18.0 Å². The van der Waals surface area contributed by atoms with Crippen molar-refractivity contribution in [3.05, 3.63) is 111 Å². The predicted octanol–water partition coefficient (Wildman–Crippen LogP) is 6.25. The van der Waals surface area contributed by atoms with Crippen molar-refractivity contribution in [2.75, 3.05) is 18.0 Å². The first-order valence-electron chi connectivity index (χ1n) is 12.7. The fourth-order valence-electron chi connectivity index (χ4n) is 5.48. The first kappa shape index (κ1) is 26.4. The highest BCUT2D eigenvalue weighted by atomic mass is 19.3. The van der Waals surface area contributed by atoms with Crippen LogP contribution < -0.4 is 10.5 Å². The normalized spacial score (nSPS) is 18.9. The Morgan fingerprint density at radius 1 is 0.923 bits per heavy atom. The van der Waals surface area contributed by atoms with Crippen molar-refractivity contribution in [2.45, 2.75) is 38.4 Å². The standard InChI is InChI=1S/C30H28F3N5O/c1-18-17-38(29(21-9-11-23(31)12-10-21)20-5-7-22(8-6-20)30(32)33)19(2)16-37(18)25-15-27(39)36(4)24-13-14-26(34-3)35-28(24)25/h5-15,18-19,29-30H,16-17H2,1-2,4H3/t18-,19+,29?/m0/s1. The third-order valence-electron chi connectivity index (χ3n) is 7.53. The minimum atomic E-state index is -2.56. The second-order valence-electron chi connectivity index (χ2n) is 10.0. The molecule has 1 aliphatic rings. The van der Waals surface area contributed by atoms with Gasteiger partial charge in [0.1, 0.15) is 5.82 Å². The summed E-state index contributed by atoms with van der Waals surface area (Å²) in [6.07, 6.45) is -2.56. The SMILES string of the molecule is [C-]#[N+]c1ccc2c(n1)c(N1C[C@@H](C)N(C(c3ccc(F)cc3)c3ccc(C(F)F)cc3)C[C@@H]1C)cc(=O)n2C. The number of anilines is 1. The summed E-state index contributed by atoms with van der Waals surface area (Å²) >= 11 is 0. The molecule has 0 N–H and O–H groups in total. The van der Waals surface area contributed by atoms with E-state index in [1.807, 2.05) is 0 Å². The summed E-state index contributed by atoms with van der Waals surface area (Å²) < 4.78 is 41.8. The highest BCUT2D eigenvalue weighted by Gasteiger charge is 2.36. The average molecular weight is 532 g/mol. The summed E-state index contributed by atoms with van der Waals surface area (Å²) in [6, 6.07) is 17.1. The Morgan fingerprint density at radius 3 is 2.15 bits per heavy atom. The Bertz CT molecular complexity index is 1590. The molecule has 200 valence electrons. The second kappa shape index (κ2) is 10.5. The number of fused-ring (bicyclic) bond motifs is 1. The number of aryl methyl sites for hydroxylation is 1. The maximum absolute atomic E-state index is 13.8. The quantitative estimate of drug-likeness (QED) is 0.286. The third-order valence-corrected chi connectivity index (χ3v) is 7.53. The van der Waals surface area contributed by atoms with E-state index in [2.05, 4.69) is 33.5 Å². The topological polar surface area (TPSA) is 45.7 Å². The fraction of sp³-hybridized carbons (Fsp3) is 0.300. The van der Waals surface area contributed by atoms with Crippen LogP contribution in [0.15, 0.2) is 71.5 Å². The second-order valence-corrected chi connectivity index (χ2v) is 10.0. The molecule has 39 heavy (non-hydrogen) atoms. The molecule has 0 radical (unpaired) electrons. The molecule has 1 aliphatic heterocycles. The molecule has 2 aromatic carbocycles. The molecule has 1 fully saturated rings. The lowest BCUT2D eigenvalue weighted by Crippen LogP contribution is -2.57. The van der Waals surface area contributed by atoms with Crippen LogP contribution in [0.5, 0.6) is 0 Å². The summed E-state index contributed by atoms with van der Waals surface area (Å²) in [6.45, 7) is 12.7. The van der Waals surface area contributed by atoms with Crippen LogP contribution >= 0.6 is 0 Å². The van der Waals surface area contributed by atoms with Gasteiger partial charge in [0.15, 0.2) is 0 Å². The van der Waals surface area contributed by atoms with Crippen molar-refractivity contribution in [2.24, 2.45) is 7.05 Å².